The Morgan fingerprint density at radius 3 is 3.00 bits per heavy atom. The van der Waals surface area contributed by atoms with Crippen molar-refractivity contribution in [1.29, 1.82) is 0 Å². The number of aromatic amines is 1. The summed E-state index contributed by atoms with van der Waals surface area (Å²) in [6.45, 7) is 4.62. The molecule has 4 rings (SSSR count). The Hall–Kier alpha value is -3.15. The number of hydrogen-bond donors (Lipinski definition) is 2. The minimum Gasteiger partial charge on any atom is -0.361 e. The summed E-state index contributed by atoms with van der Waals surface area (Å²) in [5, 5.41) is 8.93. The molecule has 1 amide bonds. The third kappa shape index (κ3) is 2.94. The molecule has 0 fully saturated rings. The molecule has 0 saturated heterocycles. The monoisotopic (exact) mass is 348 g/mol. The molecule has 0 aliphatic carbocycles. The summed E-state index contributed by atoms with van der Waals surface area (Å²) in [6, 6.07) is 8.14. The summed E-state index contributed by atoms with van der Waals surface area (Å²) in [5.41, 5.74) is 5.35. The van der Waals surface area contributed by atoms with Gasteiger partial charge in [0.2, 0.25) is 0 Å². The van der Waals surface area contributed by atoms with E-state index in [4.69, 9.17) is 4.52 Å². The van der Waals surface area contributed by atoms with E-state index in [9.17, 15) is 4.79 Å². The van der Waals surface area contributed by atoms with Gasteiger partial charge < -0.3 is 14.8 Å². The molecule has 132 valence electrons. The minimum absolute atomic E-state index is 0.140. The number of rotatable bonds is 5. The van der Waals surface area contributed by atoms with Crippen LogP contribution in [0.4, 0.5) is 0 Å². The van der Waals surface area contributed by atoms with E-state index in [1.54, 1.807) is 6.07 Å². The number of hydrogen-bond acceptors (Lipinski definition) is 4. The Kier molecular flexibility index (Phi) is 4.16. The lowest BCUT2D eigenvalue weighted by molar-refractivity contribution is 0.0954. The first-order chi connectivity index (χ1) is 12.7. The molecule has 6 heteroatoms. The van der Waals surface area contributed by atoms with Gasteiger partial charge in [0, 0.05) is 29.8 Å². The number of pyridine rings is 1. The average Bonchev–Trinajstić information content (AvgIpc) is 3.24. The van der Waals surface area contributed by atoms with Crippen LogP contribution in [0.5, 0.6) is 0 Å². The van der Waals surface area contributed by atoms with E-state index >= 15 is 0 Å². The Morgan fingerprint density at radius 2 is 2.15 bits per heavy atom. The molecule has 0 saturated carbocycles. The molecule has 1 aromatic carbocycles. The van der Waals surface area contributed by atoms with E-state index in [0.29, 0.717) is 17.8 Å². The highest BCUT2D eigenvalue weighted by Gasteiger charge is 2.13. The maximum atomic E-state index is 12.4. The summed E-state index contributed by atoms with van der Waals surface area (Å²) >= 11 is 0. The highest BCUT2D eigenvalue weighted by molar-refractivity contribution is 5.97. The fourth-order valence-corrected chi connectivity index (χ4v) is 3.18. The van der Waals surface area contributed by atoms with Crippen molar-refractivity contribution >= 4 is 27.9 Å². The summed E-state index contributed by atoms with van der Waals surface area (Å²) in [6.07, 6.45) is 5.03. The van der Waals surface area contributed by atoms with Crippen molar-refractivity contribution in [3.05, 3.63) is 59.0 Å². The third-order valence-electron chi connectivity index (χ3n) is 4.60. The molecule has 4 aromatic rings. The molecule has 0 bridgehead atoms. The third-order valence-corrected chi connectivity index (χ3v) is 4.60. The lowest BCUT2D eigenvalue weighted by Crippen LogP contribution is -2.25. The quantitative estimate of drug-likeness (QED) is 0.578. The van der Waals surface area contributed by atoms with Crippen LogP contribution >= 0.6 is 0 Å². The van der Waals surface area contributed by atoms with Gasteiger partial charge in [0.1, 0.15) is 0 Å². The lowest BCUT2D eigenvalue weighted by Gasteiger charge is -2.05. The van der Waals surface area contributed by atoms with Crippen LogP contribution in [0.1, 0.15) is 34.1 Å². The second-order valence-corrected chi connectivity index (χ2v) is 6.43. The van der Waals surface area contributed by atoms with Gasteiger partial charge in [-0.2, -0.15) is 0 Å². The summed E-state index contributed by atoms with van der Waals surface area (Å²) in [5.74, 6) is -0.140. The maximum Gasteiger partial charge on any atom is 0.257 e. The predicted octanol–water partition coefficient (Wildman–Crippen LogP) is 3.55. The zero-order chi connectivity index (χ0) is 18.1. The fraction of sp³-hybridized carbons (Fsp3) is 0.250. The standard InChI is InChI=1S/C20H20N4O2/c1-3-17-16-9-14(11-23-20(16)26-24-17)19(25)21-7-6-13-10-22-18-8-12(2)4-5-15(13)18/h4-5,8-11,22H,3,6-7H2,1-2H3,(H,21,25). The van der Waals surface area contributed by atoms with Crippen LogP contribution < -0.4 is 5.32 Å². The van der Waals surface area contributed by atoms with Gasteiger partial charge in [-0.1, -0.05) is 24.2 Å². The Morgan fingerprint density at radius 1 is 1.27 bits per heavy atom. The van der Waals surface area contributed by atoms with Gasteiger partial charge in [-0.25, -0.2) is 4.98 Å². The molecule has 0 unspecified atom stereocenters. The summed E-state index contributed by atoms with van der Waals surface area (Å²) in [7, 11) is 0. The molecule has 2 N–H and O–H groups in total. The number of fused-ring (bicyclic) bond motifs is 2. The highest BCUT2D eigenvalue weighted by Crippen LogP contribution is 2.20. The summed E-state index contributed by atoms with van der Waals surface area (Å²) < 4.78 is 5.16. The van der Waals surface area contributed by atoms with Crippen molar-refractivity contribution in [3.63, 3.8) is 0 Å². The normalized spacial score (nSPS) is 11.3. The number of carbonyl (C=O) groups is 1. The van der Waals surface area contributed by atoms with E-state index in [2.05, 4.69) is 45.6 Å². The highest BCUT2D eigenvalue weighted by atomic mass is 16.5. The van der Waals surface area contributed by atoms with Crippen LogP contribution in [-0.4, -0.2) is 27.6 Å². The topological polar surface area (TPSA) is 83.8 Å². The largest absolute Gasteiger partial charge is 0.361 e. The molecule has 0 radical (unpaired) electrons. The molecule has 0 aliphatic rings. The molecular formula is C20H20N4O2. The van der Waals surface area contributed by atoms with Gasteiger partial charge in [-0.15, -0.1) is 0 Å². The molecular weight excluding hydrogens is 328 g/mol. The molecule has 0 aliphatic heterocycles. The van der Waals surface area contributed by atoms with E-state index in [1.807, 2.05) is 13.1 Å². The van der Waals surface area contributed by atoms with E-state index in [1.165, 1.54) is 22.7 Å². The van der Waals surface area contributed by atoms with Crippen molar-refractivity contribution in [2.24, 2.45) is 0 Å². The molecule has 3 heterocycles. The zero-order valence-electron chi connectivity index (χ0n) is 14.8. The van der Waals surface area contributed by atoms with Crippen molar-refractivity contribution in [1.82, 2.24) is 20.4 Å². The minimum atomic E-state index is -0.140. The van der Waals surface area contributed by atoms with Gasteiger partial charge in [-0.05, 0) is 43.0 Å². The number of amides is 1. The smallest absolute Gasteiger partial charge is 0.257 e. The average molecular weight is 348 g/mol. The lowest BCUT2D eigenvalue weighted by atomic mass is 10.1. The number of nitrogens with one attached hydrogen (secondary N) is 2. The van der Waals surface area contributed by atoms with Crippen LogP contribution in [0, 0.1) is 6.92 Å². The number of carbonyl (C=O) groups excluding carboxylic acids is 1. The first-order valence-electron chi connectivity index (χ1n) is 8.75. The fourth-order valence-electron chi connectivity index (χ4n) is 3.18. The zero-order valence-corrected chi connectivity index (χ0v) is 14.8. The van der Waals surface area contributed by atoms with Gasteiger partial charge in [0.05, 0.1) is 16.6 Å². The van der Waals surface area contributed by atoms with Crippen molar-refractivity contribution in [2.45, 2.75) is 26.7 Å². The maximum absolute atomic E-state index is 12.4. The van der Waals surface area contributed by atoms with Crippen LogP contribution in [-0.2, 0) is 12.8 Å². The van der Waals surface area contributed by atoms with Gasteiger partial charge in [0.15, 0.2) is 0 Å². The van der Waals surface area contributed by atoms with E-state index in [0.717, 1.165) is 29.4 Å². The Balaban J connectivity index is 1.45. The van der Waals surface area contributed by atoms with Gasteiger partial charge in [0.25, 0.3) is 11.6 Å². The molecule has 3 aromatic heterocycles. The van der Waals surface area contributed by atoms with Crippen LogP contribution in [0.25, 0.3) is 22.0 Å². The predicted molar refractivity (Wildman–Crippen MR) is 100 cm³/mol. The Bertz CT molecular complexity index is 1090. The van der Waals surface area contributed by atoms with Crippen LogP contribution in [0.2, 0.25) is 0 Å². The second kappa shape index (κ2) is 6.63. The van der Waals surface area contributed by atoms with Gasteiger partial charge in [-0.3, -0.25) is 4.79 Å². The molecule has 6 nitrogen and oxygen atoms in total. The van der Waals surface area contributed by atoms with E-state index in [-0.39, 0.29) is 5.91 Å². The number of benzene rings is 1. The van der Waals surface area contributed by atoms with Gasteiger partial charge >= 0.3 is 0 Å². The summed E-state index contributed by atoms with van der Waals surface area (Å²) in [4.78, 5) is 19.9. The Labute approximate surface area is 150 Å². The second-order valence-electron chi connectivity index (χ2n) is 6.43. The van der Waals surface area contributed by atoms with Crippen LogP contribution in [0.3, 0.4) is 0 Å². The number of aryl methyl sites for hydroxylation is 2. The molecule has 26 heavy (non-hydrogen) atoms. The van der Waals surface area contributed by atoms with E-state index < -0.39 is 0 Å². The van der Waals surface area contributed by atoms with Crippen molar-refractivity contribution in [3.8, 4) is 0 Å². The first-order valence-corrected chi connectivity index (χ1v) is 8.75. The first kappa shape index (κ1) is 16.3. The van der Waals surface area contributed by atoms with Crippen molar-refractivity contribution < 1.29 is 9.32 Å². The van der Waals surface area contributed by atoms with Crippen molar-refractivity contribution in [2.75, 3.05) is 6.54 Å². The number of nitrogens with zero attached hydrogens (tertiary/aromatic N) is 2. The molecule has 0 atom stereocenters. The SMILES string of the molecule is CCc1noc2ncc(C(=O)NCCc3c[nH]c4cc(C)ccc34)cc12. The number of H-pyrrole nitrogens is 1. The molecule has 0 spiro atoms. The number of aromatic nitrogens is 3. The van der Waals surface area contributed by atoms with Crippen LogP contribution in [0.15, 0.2) is 41.2 Å².